The van der Waals surface area contributed by atoms with Crippen LogP contribution in [-0.4, -0.2) is 34.0 Å². The molecular formula is C19H23BrN2O4S. The summed E-state index contributed by atoms with van der Waals surface area (Å²) in [6, 6.07) is 11.2. The molecule has 0 aromatic heterocycles. The van der Waals surface area contributed by atoms with E-state index in [1.54, 1.807) is 24.3 Å². The molecule has 0 aliphatic rings. The van der Waals surface area contributed by atoms with Gasteiger partial charge in [0.15, 0.2) is 0 Å². The Morgan fingerprint density at radius 2 is 1.81 bits per heavy atom. The average molecular weight is 455 g/mol. The molecule has 0 bridgehead atoms. The highest BCUT2D eigenvalue weighted by Gasteiger charge is 2.22. The lowest BCUT2D eigenvalue weighted by atomic mass is 10.3. The maximum absolute atomic E-state index is 13.1. The molecule has 0 heterocycles. The quantitative estimate of drug-likeness (QED) is 0.604. The van der Waals surface area contributed by atoms with Crippen LogP contribution in [0.5, 0.6) is 5.75 Å². The van der Waals surface area contributed by atoms with Crippen molar-refractivity contribution in [2.75, 3.05) is 25.0 Å². The number of hydrogen-bond acceptors (Lipinski definition) is 5. The van der Waals surface area contributed by atoms with E-state index in [1.807, 2.05) is 13.8 Å². The molecule has 0 unspecified atom stereocenters. The highest BCUT2D eigenvalue weighted by Crippen LogP contribution is 2.31. The molecule has 2 rings (SSSR count). The molecule has 0 radical (unpaired) electrons. The summed E-state index contributed by atoms with van der Waals surface area (Å²) in [5.74, 6) is 0.256. The molecule has 8 heteroatoms. The monoisotopic (exact) mass is 454 g/mol. The van der Waals surface area contributed by atoms with Crippen molar-refractivity contribution in [2.24, 2.45) is 0 Å². The number of amides is 1. The van der Waals surface area contributed by atoms with Gasteiger partial charge >= 0.3 is 0 Å². The van der Waals surface area contributed by atoms with Gasteiger partial charge in [0, 0.05) is 17.1 Å². The van der Waals surface area contributed by atoms with Gasteiger partial charge in [-0.05, 0) is 49.7 Å². The normalized spacial score (nSPS) is 11.1. The van der Waals surface area contributed by atoms with E-state index in [1.165, 1.54) is 18.2 Å². The van der Waals surface area contributed by atoms with Gasteiger partial charge in [-0.3, -0.25) is 4.79 Å². The van der Waals surface area contributed by atoms with Crippen LogP contribution in [0.4, 0.5) is 5.69 Å². The fraction of sp³-hybridized carbons (Fsp3) is 0.316. The topological polar surface area (TPSA) is 84.5 Å². The van der Waals surface area contributed by atoms with Crippen LogP contribution in [0.25, 0.3) is 0 Å². The Morgan fingerprint density at radius 1 is 1.11 bits per heavy atom. The smallest absolute Gasteiger partial charge is 0.239 e. The van der Waals surface area contributed by atoms with Crippen molar-refractivity contribution in [1.82, 2.24) is 5.32 Å². The molecule has 0 fully saturated rings. The number of hydrogen-bond donors (Lipinski definition) is 2. The van der Waals surface area contributed by atoms with Crippen molar-refractivity contribution >= 4 is 37.4 Å². The zero-order chi connectivity index (χ0) is 19.9. The molecule has 2 aromatic carbocycles. The van der Waals surface area contributed by atoms with Gasteiger partial charge in [0.2, 0.25) is 15.7 Å². The minimum Gasteiger partial charge on any atom is -0.494 e. The maximum Gasteiger partial charge on any atom is 0.239 e. The van der Waals surface area contributed by atoms with Gasteiger partial charge in [-0.2, -0.15) is 0 Å². The molecule has 0 saturated carbocycles. The summed E-state index contributed by atoms with van der Waals surface area (Å²) in [5, 5.41) is 5.67. The zero-order valence-electron chi connectivity index (χ0n) is 15.3. The molecular weight excluding hydrogens is 432 g/mol. The molecule has 146 valence electrons. The largest absolute Gasteiger partial charge is 0.494 e. The Kier molecular flexibility index (Phi) is 7.67. The van der Waals surface area contributed by atoms with Gasteiger partial charge in [-0.25, -0.2) is 8.42 Å². The summed E-state index contributed by atoms with van der Waals surface area (Å²) < 4.78 is 32.5. The van der Waals surface area contributed by atoms with Crippen LogP contribution in [0, 0.1) is 0 Å². The Morgan fingerprint density at radius 3 is 2.44 bits per heavy atom. The third kappa shape index (κ3) is 5.71. The van der Waals surface area contributed by atoms with E-state index < -0.39 is 9.84 Å². The van der Waals surface area contributed by atoms with Crippen molar-refractivity contribution in [3.63, 3.8) is 0 Å². The van der Waals surface area contributed by atoms with Crippen LogP contribution in [0.2, 0.25) is 0 Å². The van der Waals surface area contributed by atoms with E-state index >= 15 is 0 Å². The molecule has 0 atom stereocenters. The van der Waals surface area contributed by atoms with E-state index in [4.69, 9.17) is 4.74 Å². The van der Waals surface area contributed by atoms with Crippen molar-refractivity contribution in [1.29, 1.82) is 0 Å². The first-order chi connectivity index (χ1) is 12.9. The van der Waals surface area contributed by atoms with Gasteiger partial charge in [-0.15, -0.1) is 0 Å². The SMILES string of the molecule is CCCNC(=O)CNc1ccc(OCC)cc1S(=O)(=O)c1ccc(Br)cc1. The predicted octanol–water partition coefficient (Wildman–Crippen LogP) is 3.62. The highest BCUT2D eigenvalue weighted by molar-refractivity contribution is 9.10. The van der Waals surface area contributed by atoms with Crippen LogP contribution in [0.1, 0.15) is 20.3 Å². The Labute approximate surface area is 168 Å². The van der Waals surface area contributed by atoms with Gasteiger partial charge in [0.05, 0.1) is 28.6 Å². The summed E-state index contributed by atoms with van der Waals surface area (Å²) >= 11 is 3.30. The minimum atomic E-state index is -3.79. The fourth-order valence-corrected chi connectivity index (χ4v) is 4.08. The van der Waals surface area contributed by atoms with Crippen LogP contribution in [0.15, 0.2) is 56.7 Å². The summed E-state index contributed by atoms with van der Waals surface area (Å²) in [4.78, 5) is 12.1. The molecule has 0 spiro atoms. The molecule has 0 aliphatic carbocycles. The Balaban J connectivity index is 2.37. The molecule has 2 aromatic rings. The first kappa shape index (κ1) is 21.2. The summed E-state index contributed by atoms with van der Waals surface area (Å²) in [6.45, 7) is 4.77. The number of rotatable bonds is 9. The molecule has 27 heavy (non-hydrogen) atoms. The number of benzene rings is 2. The number of sulfone groups is 1. The van der Waals surface area contributed by atoms with Crippen LogP contribution < -0.4 is 15.4 Å². The maximum atomic E-state index is 13.1. The number of ether oxygens (including phenoxy) is 1. The Bertz CT molecular complexity index is 883. The number of carbonyl (C=O) groups excluding carboxylic acids is 1. The first-order valence-corrected chi connectivity index (χ1v) is 10.9. The van der Waals surface area contributed by atoms with Gasteiger partial charge in [0.25, 0.3) is 0 Å². The highest BCUT2D eigenvalue weighted by atomic mass is 79.9. The number of halogens is 1. The number of carbonyl (C=O) groups is 1. The van der Waals surface area contributed by atoms with E-state index in [0.29, 0.717) is 24.6 Å². The number of anilines is 1. The van der Waals surface area contributed by atoms with E-state index in [2.05, 4.69) is 26.6 Å². The molecule has 0 aliphatic heterocycles. The van der Waals surface area contributed by atoms with E-state index in [9.17, 15) is 13.2 Å². The van der Waals surface area contributed by atoms with Crippen LogP contribution in [-0.2, 0) is 14.6 Å². The van der Waals surface area contributed by atoms with Crippen molar-refractivity contribution in [2.45, 2.75) is 30.1 Å². The second kappa shape index (κ2) is 9.75. The average Bonchev–Trinajstić information content (AvgIpc) is 2.65. The minimum absolute atomic E-state index is 0.0170. The second-order valence-corrected chi connectivity index (χ2v) is 8.59. The molecule has 1 amide bonds. The number of nitrogens with one attached hydrogen (secondary N) is 2. The lowest BCUT2D eigenvalue weighted by molar-refractivity contribution is -0.119. The van der Waals surface area contributed by atoms with Gasteiger partial charge in [0.1, 0.15) is 5.75 Å². The van der Waals surface area contributed by atoms with Crippen molar-refractivity contribution < 1.29 is 17.9 Å². The lowest BCUT2D eigenvalue weighted by Gasteiger charge is -2.15. The van der Waals surface area contributed by atoms with E-state index in [-0.39, 0.29) is 22.2 Å². The third-order valence-electron chi connectivity index (χ3n) is 3.69. The zero-order valence-corrected chi connectivity index (χ0v) is 17.7. The molecule has 6 nitrogen and oxygen atoms in total. The van der Waals surface area contributed by atoms with E-state index in [0.717, 1.165) is 10.9 Å². The first-order valence-electron chi connectivity index (χ1n) is 8.66. The van der Waals surface area contributed by atoms with Gasteiger partial charge < -0.3 is 15.4 Å². The van der Waals surface area contributed by atoms with Crippen molar-refractivity contribution in [3.8, 4) is 5.75 Å². The second-order valence-electron chi connectivity index (χ2n) is 5.75. The van der Waals surface area contributed by atoms with Crippen molar-refractivity contribution in [3.05, 3.63) is 46.9 Å². The molecule has 2 N–H and O–H groups in total. The predicted molar refractivity (Wildman–Crippen MR) is 109 cm³/mol. The van der Waals surface area contributed by atoms with Gasteiger partial charge in [-0.1, -0.05) is 22.9 Å². The summed E-state index contributed by atoms with van der Waals surface area (Å²) in [6.07, 6.45) is 0.831. The molecule has 0 saturated heterocycles. The standard InChI is InChI=1S/C19H23BrN2O4S/c1-3-11-21-19(23)13-22-17-10-7-15(26-4-2)12-18(17)27(24,25)16-8-5-14(20)6-9-16/h5-10,12,22H,3-4,11,13H2,1-2H3,(H,21,23). The Hall–Kier alpha value is -2.06. The van der Waals surface area contributed by atoms with Crippen LogP contribution in [0.3, 0.4) is 0 Å². The summed E-state index contributed by atoms with van der Waals surface area (Å²) in [5.41, 5.74) is 0.355. The lowest BCUT2D eigenvalue weighted by Crippen LogP contribution is -2.30. The van der Waals surface area contributed by atoms with Crippen LogP contribution >= 0.6 is 15.9 Å². The summed E-state index contributed by atoms with van der Waals surface area (Å²) in [7, 11) is -3.79. The fourth-order valence-electron chi connectivity index (χ4n) is 2.37. The third-order valence-corrected chi connectivity index (χ3v) is 6.03.